The zero-order chi connectivity index (χ0) is 27.7. The van der Waals surface area contributed by atoms with E-state index in [2.05, 4.69) is 29.2 Å². The first-order valence-corrected chi connectivity index (χ1v) is 13.1. The van der Waals surface area contributed by atoms with Crippen LogP contribution >= 0.6 is 0 Å². The predicted octanol–water partition coefficient (Wildman–Crippen LogP) is 7.37. The Labute approximate surface area is 219 Å². The lowest BCUT2D eigenvalue weighted by atomic mass is 9.73. The number of carbonyl (C=O) groups excluding carboxylic acids is 1. The van der Waals surface area contributed by atoms with E-state index in [-0.39, 0.29) is 30.0 Å². The second-order valence-electron chi connectivity index (χ2n) is 11.0. The van der Waals surface area contributed by atoms with Crippen molar-refractivity contribution in [1.29, 1.82) is 0 Å². The number of rotatable bonds is 7. The molecule has 0 saturated carbocycles. The van der Waals surface area contributed by atoms with E-state index in [1.807, 2.05) is 19.9 Å². The maximum Gasteiger partial charge on any atom is 0.416 e. The van der Waals surface area contributed by atoms with Gasteiger partial charge in [-0.15, -0.1) is 0 Å². The molecule has 4 rings (SSSR count). The summed E-state index contributed by atoms with van der Waals surface area (Å²) in [5.74, 6) is 0.330. The molecule has 38 heavy (non-hydrogen) atoms. The van der Waals surface area contributed by atoms with Crippen molar-refractivity contribution in [1.82, 2.24) is 9.80 Å². The van der Waals surface area contributed by atoms with Crippen molar-refractivity contribution in [2.45, 2.75) is 64.3 Å². The summed E-state index contributed by atoms with van der Waals surface area (Å²) in [4.78, 5) is 17.4. The van der Waals surface area contributed by atoms with E-state index in [4.69, 9.17) is 0 Å². The third kappa shape index (κ3) is 6.19. The van der Waals surface area contributed by atoms with E-state index >= 15 is 0 Å². The molecule has 2 aliphatic heterocycles. The van der Waals surface area contributed by atoms with Gasteiger partial charge < -0.3 is 9.80 Å². The molecule has 0 aliphatic carbocycles. The Kier molecular flexibility index (Phi) is 8.17. The topological polar surface area (TPSA) is 23.6 Å². The van der Waals surface area contributed by atoms with Gasteiger partial charge in [0.05, 0.1) is 16.5 Å². The van der Waals surface area contributed by atoms with Crippen molar-refractivity contribution in [2.24, 2.45) is 11.3 Å². The molecule has 3 nitrogen and oxygen atoms in total. The van der Waals surface area contributed by atoms with E-state index in [0.29, 0.717) is 25.3 Å². The van der Waals surface area contributed by atoms with Crippen LogP contribution in [0.1, 0.15) is 67.7 Å². The lowest BCUT2D eigenvalue weighted by Gasteiger charge is -2.37. The van der Waals surface area contributed by atoms with E-state index < -0.39 is 28.9 Å². The van der Waals surface area contributed by atoms with E-state index in [1.165, 1.54) is 10.5 Å². The smallest absolute Gasteiger partial charge is 0.338 e. The maximum atomic E-state index is 13.6. The van der Waals surface area contributed by atoms with E-state index in [0.717, 1.165) is 44.6 Å². The largest absolute Gasteiger partial charge is 0.416 e. The van der Waals surface area contributed by atoms with E-state index in [1.54, 1.807) is 0 Å². The molecule has 2 heterocycles. The van der Waals surface area contributed by atoms with Crippen LogP contribution in [0.3, 0.4) is 0 Å². The molecule has 2 aromatic carbocycles. The van der Waals surface area contributed by atoms with Crippen molar-refractivity contribution in [3.8, 4) is 0 Å². The third-order valence-electron chi connectivity index (χ3n) is 8.40. The summed E-state index contributed by atoms with van der Waals surface area (Å²) in [6.45, 7) is 6.56. The molecule has 9 heteroatoms. The SMILES string of the molecule is CC(C)C1(CCN2CCC(c3ccccc3)CC2)CCN(Cc2cc(C(F)(F)F)cc(C(F)(F)F)c2)C1=O. The van der Waals surface area contributed by atoms with Crippen LogP contribution in [0.4, 0.5) is 26.3 Å². The van der Waals surface area contributed by atoms with Crippen molar-refractivity contribution < 1.29 is 31.1 Å². The highest BCUT2D eigenvalue weighted by Crippen LogP contribution is 2.44. The van der Waals surface area contributed by atoms with Crippen LogP contribution in [0.2, 0.25) is 0 Å². The van der Waals surface area contributed by atoms with Crippen LogP contribution in [0.25, 0.3) is 0 Å². The maximum absolute atomic E-state index is 13.6. The minimum atomic E-state index is -4.92. The normalized spacial score (nSPS) is 22.0. The molecule has 0 N–H and O–H groups in total. The second kappa shape index (κ2) is 10.9. The average Bonchev–Trinajstić information content (AvgIpc) is 3.18. The number of halogens is 6. The molecule has 2 fully saturated rings. The van der Waals surface area contributed by atoms with Gasteiger partial charge in [-0.05, 0) is 86.5 Å². The van der Waals surface area contributed by atoms with Crippen LogP contribution in [-0.2, 0) is 23.7 Å². The molecular weight excluding hydrogens is 506 g/mol. The number of nitrogens with zero attached hydrogens (tertiary/aromatic N) is 2. The Morgan fingerprint density at radius 2 is 1.47 bits per heavy atom. The monoisotopic (exact) mass is 540 g/mol. The number of hydrogen-bond acceptors (Lipinski definition) is 2. The van der Waals surface area contributed by atoms with Gasteiger partial charge in [0.2, 0.25) is 5.91 Å². The molecule has 1 atom stereocenters. The molecule has 1 unspecified atom stereocenters. The van der Waals surface area contributed by atoms with Gasteiger partial charge in [0, 0.05) is 13.1 Å². The summed E-state index contributed by atoms with van der Waals surface area (Å²) in [6.07, 6.45) is -6.60. The quantitative estimate of drug-likeness (QED) is 0.343. The highest BCUT2D eigenvalue weighted by Gasteiger charge is 2.48. The standard InChI is InChI=1S/C29H34F6N2O/c1-20(2)27(10-14-36-12-8-23(9-13-36)22-6-4-3-5-7-22)11-15-37(26(27)38)19-21-16-24(28(30,31)32)18-25(17-21)29(33,34)35/h3-7,16-18,20,23H,8-15,19H2,1-2H3. The molecule has 2 saturated heterocycles. The van der Waals surface area contributed by atoms with Crippen LogP contribution in [0.15, 0.2) is 48.5 Å². The molecule has 2 aliphatic rings. The molecule has 0 spiro atoms. The van der Waals surface area contributed by atoms with Crippen LogP contribution in [0, 0.1) is 11.3 Å². The fraction of sp³-hybridized carbons (Fsp3) is 0.552. The molecule has 0 radical (unpaired) electrons. The summed E-state index contributed by atoms with van der Waals surface area (Å²) < 4.78 is 79.8. The molecule has 1 amide bonds. The van der Waals surface area contributed by atoms with Crippen LogP contribution in [0.5, 0.6) is 0 Å². The molecular formula is C29H34F6N2O. The Bertz CT molecular complexity index is 1070. The molecule has 2 aromatic rings. The van der Waals surface area contributed by atoms with Crippen LogP contribution in [-0.4, -0.2) is 41.9 Å². The first-order valence-electron chi connectivity index (χ1n) is 13.1. The summed E-state index contributed by atoms with van der Waals surface area (Å²) in [5.41, 5.74) is -2.21. The Morgan fingerprint density at radius 3 is 2.00 bits per heavy atom. The zero-order valence-electron chi connectivity index (χ0n) is 21.7. The van der Waals surface area contributed by atoms with Gasteiger partial charge in [0.25, 0.3) is 0 Å². The van der Waals surface area contributed by atoms with Crippen molar-refractivity contribution >= 4 is 5.91 Å². The number of benzene rings is 2. The van der Waals surface area contributed by atoms with Crippen molar-refractivity contribution in [2.75, 3.05) is 26.2 Å². The fourth-order valence-corrected chi connectivity index (χ4v) is 5.97. The Hall–Kier alpha value is -2.55. The first-order chi connectivity index (χ1) is 17.8. The number of likely N-dealkylation sites (tertiary alicyclic amines) is 2. The van der Waals surface area contributed by atoms with Gasteiger partial charge in [-0.1, -0.05) is 44.2 Å². The summed E-state index contributed by atoms with van der Waals surface area (Å²) >= 11 is 0. The second-order valence-corrected chi connectivity index (χ2v) is 11.0. The van der Waals surface area contributed by atoms with Crippen molar-refractivity contribution in [3.05, 3.63) is 70.8 Å². The predicted molar refractivity (Wildman–Crippen MR) is 133 cm³/mol. The van der Waals surface area contributed by atoms with Gasteiger partial charge in [-0.25, -0.2) is 0 Å². The van der Waals surface area contributed by atoms with Gasteiger partial charge in [-0.2, -0.15) is 26.3 Å². The Balaban J connectivity index is 1.43. The number of alkyl halides is 6. The average molecular weight is 541 g/mol. The van der Waals surface area contributed by atoms with Crippen molar-refractivity contribution in [3.63, 3.8) is 0 Å². The molecule has 0 bridgehead atoms. The zero-order valence-corrected chi connectivity index (χ0v) is 21.7. The lowest BCUT2D eigenvalue weighted by Crippen LogP contribution is -2.42. The minimum absolute atomic E-state index is 0.00546. The number of piperidine rings is 1. The number of carbonyl (C=O) groups is 1. The summed E-state index contributed by atoms with van der Waals surface area (Å²) in [6, 6.07) is 12.0. The number of hydrogen-bond donors (Lipinski definition) is 0. The Morgan fingerprint density at radius 1 is 0.895 bits per heavy atom. The van der Waals surface area contributed by atoms with Gasteiger partial charge in [-0.3, -0.25) is 4.79 Å². The highest BCUT2D eigenvalue weighted by atomic mass is 19.4. The van der Waals surface area contributed by atoms with Crippen LogP contribution < -0.4 is 0 Å². The first kappa shape index (κ1) is 28.5. The minimum Gasteiger partial charge on any atom is -0.338 e. The number of amides is 1. The summed E-state index contributed by atoms with van der Waals surface area (Å²) in [7, 11) is 0. The van der Waals surface area contributed by atoms with Gasteiger partial charge in [0.1, 0.15) is 0 Å². The highest BCUT2D eigenvalue weighted by molar-refractivity contribution is 5.85. The molecule has 0 aromatic heterocycles. The third-order valence-corrected chi connectivity index (χ3v) is 8.40. The lowest BCUT2D eigenvalue weighted by molar-refractivity contribution is -0.143. The van der Waals surface area contributed by atoms with Gasteiger partial charge in [0.15, 0.2) is 0 Å². The summed E-state index contributed by atoms with van der Waals surface area (Å²) in [5, 5.41) is 0. The van der Waals surface area contributed by atoms with Gasteiger partial charge >= 0.3 is 12.4 Å². The van der Waals surface area contributed by atoms with E-state index in [9.17, 15) is 31.1 Å². The fourth-order valence-electron chi connectivity index (χ4n) is 5.97. The molecule has 208 valence electrons.